The van der Waals surface area contributed by atoms with Gasteiger partial charge in [-0.05, 0) is 144 Å². The van der Waals surface area contributed by atoms with E-state index in [1.807, 2.05) is 110 Å². The number of esters is 2. The van der Waals surface area contributed by atoms with Crippen molar-refractivity contribution in [3.63, 3.8) is 0 Å². The molecule has 4 fully saturated rings. The van der Waals surface area contributed by atoms with Gasteiger partial charge < -0.3 is 53.9 Å². The molecule has 564 valence electrons. The highest BCUT2D eigenvalue weighted by atomic mass is 79.9. The third-order valence-electron chi connectivity index (χ3n) is 17.1. The van der Waals surface area contributed by atoms with Crippen LogP contribution in [0.5, 0.6) is 23.0 Å². The average molecular weight is 1650 g/mol. The summed E-state index contributed by atoms with van der Waals surface area (Å²) in [5.74, 6) is 0.902. The highest BCUT2D eigenvalue weighted by Crippen LogP contribution is 2.25. The monoisotopic (exact) mass is 1640 g/mol. The van der Waals surface area contributed by atoms with Gasteiger partial charge in [-0.3, -0.25) is 24.2 Å². The van der Waals surface area contributed by atoms with Crippen molar-refractivity contribution < 1.29 is 62.7 Å². The summed E-state index contributed by atoms with van der Waals surface area (Å²) in [4.78, 5) is 89.0. The summed E-state index contributed by atoms with van der Waals surface area (Å²) in [7, 11) is 2.74. The lowest BCUT2D eigenvalue weighted by Gasteiger charge is -2.48. The Bertz CT molecular complexity index is 4480. The predicted octanol–water partition coefficient (Wildman–Crippen LogP) is 15.3. The number of methoxy groups -OCH3 is 2. The van der Waals surface area contributed by atoms with E-state index < -0.39 is 5.97 Å². The molecule has 0 spiro atoms. The van der Waals surface area contributed by atoms with E-state index in [4.69, 9.17) is 70.8 Å². The van der Waals surface area contributed by atoms with Crippen LogP contribution in [0.2, 0.25) is 20.1 Å². The number of hydrogen-bond acceptors (Lipinski definition) is 19. The topological polar surface area (TPSA) is 243 Å². The third kappa shape index (κ3) is 26.2. The Kier molecular flexibility index (Phi) is 32.8. The maximum absolute atomic E-state index is 12.9. The number of alkyl halides is 1. The van der Waals surface area contributed by atoms with Crippen molar-refractivity contribution in [2.24, 2.45) is 0 Å². The molecule has 10 aromatic rings. The number of carboxylic acid groups (broad SMARTS) is 1. The van der Waals surface area contributed by atoms with Gasteiger partial charge in [0.05, 0.1) is 30.9 Å². The molecule has 0 saturated carbocycles. The summed E-state index contributed by atoms with van der Waals surface area (Å²) in [6, 6.07) is 57.6. The van der Waals surface area contributed by atoms with Crippen LogP contribution >= 0.6 is 85.0 Å². The Hall–Kier alpha value is -9.44. The first-order chi connectivity index (χ1) is 52.3. The number of piperazine rings is 2. The Morgan fingerprint density at radius 2 is 0.815 bits per heavy atom. The maximum atomic E-state index is 12.9. The van der Waals surface area contributed by atoms with Crippen LogP contribution < -0.4 is 19.5 Å². The fourth-order valence-electron chi connectivity index (χ4n) is 10.9. The zero-order valence-electron chi connectivity index (χ0n) is 59.0. The number of nitrogens with one attached hydrogen (secondary N) is 1. The molecule has 2 aromatic heterocycles. The molecule has 108 heavy (non-hydrogen) atoms. The fourth-order valence-corrected chi connectivity index (χ4v) is 13.2. The number of carbonyl (C=O) groups is 6. The lowest BCUT2D eigenvalue weighted by atomic mass is 10.0. The first kappa shape index (κ1) is 82.6. The van der Waals surface area contributed by atoms with Crippen molar-refractivity contribution >= 4 is 121 Å². The van der Waals surface area contributed by atoms with Crippen LogP contribution in [0.1, 0.15) is 83.3 Å². The van der Waals surface area contributed by atoms with Crippen LogP contribution in [0.4, 0.5) is 0 Å². The molecule has 28 heteroatoms. The lowest BCUT2D eigenvalue weighted by Crippen LogP contribution is -2.64. The van der Waals surface area contributed by atoms with Gasteiger partial charge in [-0.25, -0.2) is 24.4 Å². The Morgan fingerprint density at radius 3 is 1.13 bits per heavy atom. The van der Waals surface area contributed by atoms with Crippen LogP contribution in [-0.2, 0) is 34.6 Å². The molecule has 0 aliphatic carbocycles. The second kappa shape index (κ2) is 42.9. The summed E-state index contributed by atoms with van der Waals surface area (Å²) in [5.41, 5.74) is 6.06. The predicted molar refractivity (Wildman–Crippen MR) is 424 cm³/mol. The van der Waals surface area contributed by atoms with Gasteiger partial charge in [0.2, 0.25) is 0 Å². The molecular formula is C80H79BrCl4N8O13S2. The molecule has 14 rings (SSSR count). The minimum absolute atomic E-state index is 0.0153. The number of halogens is 5. The fraction of sp³-hybridized carbons (Fsp3) is 0.250. The number of thiazole rings is 2. The van der Waals surface area contributed by atoms with Crippen molar-refractivity contribution in [1.29, 1.82) is 0 Å². The van der Waals surface area contributed by atoms with Gasteiger partial charge >= 0.3 is 17.9 Å². The number of benzene rings is 8. The summed E-state index contributed by atoms with van der Waals surface area (Å²) in [5, 5.41) is 28.9. The molecule has 8 aromatic carbocycles. The second-order valence-electron chi connectivity index (χ2n) is 24.4. The minimum Gasteiger partial charge on any atom is -0.508 e. The number of amides is 3. The van der Waals surface area contributed by atoms with Gasteiger partial charge in [0, 0.05) is 145 Å². The van der Waals surface area contributed by atoms with Crippen LogP contribution in [0.15, 0.2) is 217 Å². The molecule has 0 atom stereocenters. The van der Waals surface area contributed by atoms with Gasteiger partial charge in [0.25, 0.3) is 17.7 Å². The molecular weight excluding hydrogens is 1570 g/mol. The smallest absolute Gasteiger partial charge is 0.337 e. The molecule has 0 radical (unpaired) electrons. The van der Waals surface area contributed by atoms with Gasteiger partial charge in [0.15, 0.2) is 10.0 Å². The second-order valence-corrected chi connectivity index (χ2v) is 28.5. The molecule has 4 saturated heterocycles. The van der Waals surface area contributed by atoms with E-state index in [1.54, 1.807) is 116 Å². The largest absolute Gasteiger partial charge is 0.508 e. The number of ether oxygens (including phenoxy) is 5. The van der Waals surface area contributed by atoms with E-state index in [1.165, 1.54) is 43.0 Å². The molecule has 21 nitrogen and oxygen atoms in total. The minimum atomic E-state index is -0.933. The van der Waals surface area contributed by atoms with E-state index in [9.17, 15) is 28.8 Å². The van der Waals surface area contributed by atoms with Crippen molar-refractivity contribution in [2.75, 3.05) is 92.8 Å². The number of rotatable bonds is 18. The van der Waals surface area contributed by atoms with Gasteiger partial charge in [-0.15, -0.1) is 22.7 Å². The average Bonchev–Trinajstić information content (AvgIpc) is 0.827. The van der Waals surface area contributed by atoms with Crippen LogP contribution in [-0.4, -0.2) is 185 Å². The first-order valence-electron chi connectivity index (χ1n) is 34.1. The number of likely N-dealkylation sites (tertiary alicyclic amines) is 1. The van der Waals surface area contributed by atoms with Crippen LogP contribution in [0.25, 0.3) is 0 Å². The molecule has 3 amide bonds. The van der Waals surface area contributed by atoms with Crippen LogP contribution in [0.3, 0.4) is 0 Å². The number of aromatic nitrogens is 2. The SMILES string of the molecule is COC(=O)c1ccc(CBr)cc1.COC(=O)c1ccc(COc2cccc(Cl)c2)cc1.O=C(O)c1ccc(COc2cccc(Cl)c2)cc1.O=C(c1ccc(COc2cccc(Cl)c2)cc1)N1CC(N2CCN(C(=O)c3nccs3)CC2)C1.O=C(c1nccs1)N1CCN(C2CNC2)CC1.Oc1cccc(Cl)c1. The third-order valence-corrected chi connectivity index (χ3v) is 20.2. The zero-order valence-corrected chi connectivity index (χ0v) is 65.2. The van der Waals surface area contributed by atoms with Crippen molar-refractivity contribution in [3.8, 4) is 23.0 Å². The van der Waals surface area contributed by atoms with Crippen LogP contribution in [0, 0.1) is 0 Å². The highest BCUT2D eigenvalue weighted by Gasteiger charge is 2.37. The van der Waals surface area contributed by atoms with Crippen molar-refractivity contribution in [3.05, 3.63) is 292 Å². The number of nitrogens with zero attached hydrogens (tertiary/aromatic N) is 7. The van der Waals surface area contributed by atoms with Crippen molar-refractivity contribution in [1.82, 2.24) is 39.8 Å². The van der Waals surface area contributed by atoms with Gasteiger partial charge in [0.1, 0.15) is 42.8 Å². The molecule has 6 heterocycles. The Labute approximate surface area is 663 Å². The number of carbonyl (C=O) groups excluding carboxylic acids is 5. The number of phenolic OH excluding ortho intramolecular Hbond substituents is 1. The van der Waals surface area contributed by atoms with Gasteiger partial charge in [-0.1, -0.05) is 135 Å². The number of phenols is 1. The van der Waals surface area contributed by atoms with E-state index in [0.717, 1.165) is 93.0 Å². The molecule has 4 aliphatic rings. The summed E-state index contributed by atoms with van der Waals surface area (Å²) in [6.07, 6.45) is 3.35. The number of aromatic hydroxyl groups is 1. The number of aromatic carboxylic acids is 1. The van der Waals surface area contributed by atoms with E-state index >= 15 is 0 Å². The molecule has 3 N–H and O–H groups in total. The lowest BCUT2D eigenvalue weighted by molar-refractivity contribution is 0.00849. The van der Waals surface area contributed by atoms with E-state index in [0.29, 0.717) is 109 Å². The van der Waals surface area contributed by atoms with Gasteiger partial charge in [-0.2, -0.15) is 0 Å². The molecule has 0 unspecified atom stereocenters. The Morgan fingerprint density at radius 1 is 0.454 bits per heavy atom. The maximum Gasteiger partial charge on any atom is 0.337 e. The standard InChI is InChI=1S/C25H25ClN4O3S.C15H13ClO3.C14H11ClO3.C11H16N4OS.C9H9BrO2.C6H5ClO/c26-20-2-1-3-22(14-20)33-17-18-4-6-19(7-5-18)24(31)30-15-21(16-30)28-9-11-29(12-10-28)25(32)23-27-8-13-34-23;1-18-15(17)12-7-5-11(6-8-12)10-19-14-4-2-3-13(16)9-14;15-12-2-1-3-13(8-12)18-9-10-4-6-11(7-5-10)14(16)17;16-11(10-13-1-6-17-10)15-4-2-14(3-5-15)9-7-12-8-9;1-12-9(11)8-4-2-7(6-10)3-5-8;7-5-2-1-3-6(8)4-5/h1-8,13-14,21H,9-12,15-17H2;2-9H,10H2,1H3;1-8H,9H2,(H,16,17);1,6,9,12H,2-5,7-8H2;2-5H,6H2,1H3;1-4,8H. The van der Waals surface area contributed by atoms with Crippen molar-refractivity contribution in [2.45, 2.75) is 37.2 Å². The molecule has 0 bridgehead atoms. The summed E-state index contributed by atoms with van der Waals surface area (Å²) >= 11 is 29.3. The normalized spacial score (nSPS) is 14.0. The Balaban J connectivity index is 0.000000158. The quantitative estimate of drug-likeness (QED) is 0.0534. The highest BCUT2D eigenvalue weighted by molar-refractivity contribution is 9.08. The molecule has 4 aliphatic heterocycles. The number of hydrogen-bond donors (Lipinski definition) is 3. The number of carboxylic acids is 1. The van der Waals surface area contributed by atoms with E-state index in [2.05, 4.69) is 50.5 Å². The summed E-state index contributed by atoms with van der Waals surface area (Å²) in [6.45, 7) is 11.5. The summed E-state index contributed by atoms with van der Waals surface area (Å²) < 4.78 is 26.1. The van der Waals surface area contributed by atoms with E-state index in [-0.39, 0.29) is 41.0 Å². The first-order valence-corrected chi connectivity index (χ1v) is 38.5. The zero-order chi connectivity index (χ0) is 76.7.